The second-order valence-corrected chi connectivity index (χ2v) is 10.4. The molecule has 1 amide bonds. The van der Waals surface area contributed by atoms with Gasteiger partial charge in [0, 0.05) is 30.1 Å². The van der Waals surface area contributed by atoms with Gasteiger partial charge in [-0.2, -0.15) is 4.31 Å². The van der Waals surface area contributed by atoms with Gasteiger partial charge in [0.1, 0.15) is 5.76 Å². The number of hydrogen-bond donors (Lipinski definition) is 2. The normalized spacial score (nSPS) is 27.8. The average Bonchev–Trinajstić information content (AvgIpc) is 3.31. The van der Waals surface area contributed by atoms with E-state index in [1.807, 2.05) is 0 Å². The van der Waals surface area contributed by atoms with E-state index >= 15 is 0 Å². The number of nitrogens with one attached hydrogen (secondary N) is 1. The number of fused-ring (bicyclic) bond motifs is 2. The van der Waals surface area contributed by atoms with E-state index in [1.54, 1.807) is 10.4 Å². The Labute approximate surface area is 166 Å². The molecule has 156 valence electrons. The molecular weight excluding hydrogens is 380 g/mol. The third-order valence-corrected chi connectivity index (χ3v) is 8.21. The monoisotopic (exact) mass is 410 g/mol. The highest BCUT2D eigenvalue weighted by atomic mass is 32.2. The third-order valence-electron chi connectivity index (χ3n) is 6.17. The second kappa shape index (κ2) is 8.12. The number of carbonyl (C=O) groups is 1. The summed E-state index contributed by atoms with van der Waals surface area (Å²) in [6, 6.07) is 1.70. The van der Waals surface area contributed by atoms with Gasteiger partial charge >= 0.3 is 0 Å². The Hall–Kier alpha value is -1.45. The van der Waals surface area contributed by atoms with Crippen molar-refractivity contribution in [2.24, 2.45) is 5.73 Å². The maximum Gasteiger partial charge on any atom is 0.273 e. The van der Waals surface area contributed by atoms with E-state index in [9.17, 15) is 13.2 Å². The van der Waals surface area contributed by atoms with Crippen LogP contribution in [-0.2, 0) is 10.0 Å². The van der Waals surface area contributed by atoms with E-state index in [1.165, 1.54) is 0 Å². The summed E-state index contributed by atoms with van der Waals surface area (Å²) < 4.78 is 32.6. The van der Waals surface area contributed by atoms with Crippen molar-refractivity contribution >= 4 is 15.9 Å². The number of rotatable bonds is 9. The Morgan fingerprint density at radius 3 is 2.54 bits per heavy atom. The van der Waals surface area contributed by atoms with Gasteiger partial charge in [0.2, 0.25) is 10.0 Å². The number of carbonyl (C=O) groups excluding carboxylic acids is 1. The summed E-state index contributed by atoms with van der Waals surface area (Å²) in [6.07, 6.45) is 7.63. The SMILES string of the molecule is NCCCCCS(=O)(=O)N1[C@@H]2CC[C@H]1CC(NC(=O)c1cc(C3CC3)on1)C2. The Bertz CT molecular complexity index is 791. The summed E-state index contributed by atoms with van der Waals surface area (Å²) in [5.41, 5.74) is 5.81. The van der Waals surface area contributed by atoms with Crippen LogP contribution in [0.2, 0.25) is 0 Å². The van der Waals surface area contributed by atoms with Crippen molar-refractivity contribution in [2.75, 3.05) is 12.3 Å². The molecule has 2 bridgehead atoms. The first kappa shape index (κ1) is 19.8. The van der Waals surface area contributed by atoms with Gasteiger partial charge in [-0.1, -0.05) is 11.6 Å². The maximum atomic E-state index is 12.8. The largest absolute Gasteiger partial charge is 0.360 e. The standard InChI is InChI=1S/C19H30N4O4S/c20-8-2-1-3-9-28(25,26)23-15-6-7-16(23)11-14(10-15)21-19(24)17-12-18(27-22-17)13-4-5-13/h12-16H,1-11,20H2,(H,21,24)/t14?,15-,16+. The van der Waals surface area contributed by atoms with Crippen molar-refractivity contribution in [1.29, 1.82) is 0 Å². The van der Waals surface area contributed by atoms with Crippen LogP contribution in [-0.4, -0.2) is 54.2 Å². The predicted molar refractivity (Wildman–Crippen MR) is 104 cm³/mol. The Balaban J connectivity index is 1.33. The summed E-state index contributed by atoms with van der Waals surface area (Å²) >= 11 is 0. The van der Waals surface area contributed by atoms with Gasteiger partial charge in [0.25, 0.3) is 5.91 Å². The molecule has 3 atom stereocenters. The van der Waals surface area contributed by atoms with Gasteiger partial charge in [0.05, 0.1) is 5.75 Å². The van der Waals surface area contributed by atoms with Gasteiger partial charge in [-0.25, -0.2) is 8.42 Å². The fourth-order valence-corrected chi connectivity index (χ4v) is 6.70. The number of aromatic nitrogens is 1. The quantitative estimate of drug-likeness (QED) is 0.599. The minimum atomic E-state index is -3.25. The van der Waals surface area contributed by atoms with Crippen LogP contribution in [0, 0.1) is 0 Å². The summed E-state index contributed by atoms with van der Waals surface area (Å²) in [6.45, 7) is 0.601. The molecule has 3 aliphatic rings. The summed E-state index contributed by atoms with van der Waals surface area (Å²) in [4.78, 5) is 12.5. The van der Waals surface area contributed by atoms with E-state index in [-0.39, 0.29) is 29.8 Å². The van der Waals surface area contributed by atoms with Gasteiger partial charge in [-0.15, -0.1) is 0 Å². The van der Waals surface area contributed by atoms with E-state index in [2.05, 4.69) is 10.5 Å². The van der Waals surface area contributed by atoms with Crippen LogP contribution >= 0.6 is 0 Å². The second-order valence-electron chi connectivity index (χ2n) is 8.41. The Kier molecular flexibility index (Phi) is 5.76. The minimum Gasteiger partial charge on any atom is -0.360 e. The molecule has 3 heterocycles. The predicted octanol–water partition coefficient (Wildman–Crippen LogP) is 1.74. The zero-order chi connectivity index (χ0) is 19.7. The smallest absolute Gasteiger partial charge is 0.273 e. The number of hydrogen-bond acceptors (Lipinski definition) is 6. The molecule has 1 aliphatic carbocycles. The molecule has 3 N–H and O–H groups in total. The van der Waals surface area contributed by atoms with Gasteiger partial charge in [-0.3, -0.25) is 4.79 Å². The van der Waals surface area contributed by atoms with Gasteiger partial charge in [-0.05, 0) is 57.9 Å². The van der Waals surface area contributed by atoms with Crippen molar-refractivity contribution in [3.63, 3.8) is 0 Å². The first-order chi connectivity index (χ1) is 13.5. The number of sulfonamides is 1. The zero-order valence-electron chi connectivity index (χ0n) is 16.2. The van der Waals surface area contributed by atoms with Crippen LogP contribution in [0.25, 0.3) is 0 Å². The fraction of sp³-hybridized carbons (Fsp3) is 0.789. The van der Waals surface area contributed by atoms with Crippen molar-refractivity contribution in [2.45, 2.75) is 81.8 Å². The Morgan fingerprint density at radius 1 is 1.18 bits per heavy atom. The first-order valence-electron chi connectivity index (χ1n) is 10.5. The zero-order valence-corrected chi connectivity index (χ0v) is 17.0. The van der Waals surface area contributed by atoms with E-state index in [0.717, 1.165) is 44.3 Å². The van der Waals surface area contributed by atoms with Crippen LogP contribution in [0.15, 0.2) is 10.6 Å². The Morgan fingerprint density at radius 2 is 1.89 bits per heavy atom. The summed E-state index contributed by atoms with van der Waals surface area (Å²) in [7, 11) is -3.25. The lowest BCUT2D eigenvalue weighted by molar-refractivity contribution is 0.0900. The van der Waals surface area contributed by atoms with Crippen LogP contribution in [0.3, 0.4) is 0 Å². The van der Waals surface area contributed by atoms with Crippen LogP contribution in [0.5, 0.6) is 0 Å². The molecule has 1 saturated carbocycles. The highest BCUT2D eigenvalue weighted by molar-refractivity contribution is 7.89. The van der Waals surface area contributed by atoms with Crippen molar-refractivity contribution in [1.82, 2.24) is 14.8 Å². The topological polar surface area (TPSA) is 119 Å². The molecule has 1 aromatic rings. The number of nitrogens with zero attached hydrogens (tertiary/aromatic N) is 2. The molecule has 2 aliphatic heterocycles. The number of amides is 1. The lowest BCUT2D eigenvalue weighted by Crippen LogP contribution is -2.52. The molecule has 9 heteroatoms. The molecule has 0 aromatic carbocycles. The fourth-order valence-electron chi connectivity index (χ4n) is 4.63. The van der Waals surface area contributed by atoms with Crippen LogP contribution in [0.4, 0.5) is 0 Å². The van der Waals surface area contributed by atoms with Crippen molar-refractivity contribution < 1.29 is 17.7 Å². The molecule has 4 rings (SSSR count). The highest BCUT2D eigenvalue weighted by Crippen LogP contribution is 2.40. The number of piperidine rings is 1. The first-order valence-corrected chi connectivity index (χ1v) is 12.1. The molecule has 3 fully saturated rings. The summed E-state index contributed by atoms with van der Waals surface area (Å²) in [5, 5.41) is 6.94. The number of unbranched alkanes of at least 4 members (excludes halogenated alkanes) is 2. The maximum absolute atomic E-state index is 12.8. The molecule has 8 nitrogen and oxygen atoms in total. The van der Waals surface area contributed by atoms with E-state index in [4.69, 9.17) is 10.3 Å². The molecule has 1 unspecified atom stereocenters. The molecule has 0 spiro atoms. The molecule has 28 heavy (non-hydrogen) atoms. The van der Waals surface area contributed by atoms with Gasteiger partial charge in [0.15, 0.2) is 5.69 Å². The number of nitrogens with two attached hydrogens (primary N) is 1. The van der Waals surface area contributed by atoms with Gasteiger partial charge < -0.3 is 15.6 Å². The lowest BCUT2D eigenvalue weighted by Gasteiger charge is -2.38. The van der Waals surface area contributed by atoms with Crippen LogP contribution < -0.4 is 11.1 Å². The highest BCUT2D eigenvalue weighted by Gasteiger charge is 2.46. The third kappa shape index (κ3) is 4.26. The van der Waals surface area contributed by atoms with E-state index in [0.29, 0.717) is 37.4 Å². The molecule has 1 aromatic heterocycles. The molecule has 2 saturated heterocycles. The minimum absolute atomic E-state index is 0.0112. The van der Waals surface area contributed by atoms with E-state index < -0.39 is 10.0 Å². The van der Waals surface area contributed by atoms with Crippen LogP contribution in [0.1, 0.15) is 80.0 Å². The molecular formula is C19H30N4O4S. The molecule has 0 radical (unpaired) electrons. The van der Waals surface area contributed by atoms with Crippen molar-refractivity contribution in [3.05, 3.63) is 17.5 Å². The van der Waals surface area contributed by atoms with Crippen molar-refractivity contribution in [3.8, 4) is 0 Å². The summed E-state index contributed by atoms with van der Waals surface area (Å²) in [5.74, 6) is 1.18. The lowest BCUT2D eigenvalue weighted by atomic mass is 9.99. The average molecular weight is 411 g/mol.